The van der Waals surface area contributed by atoms with Crippen molar-refractivity contribution in [3.63, 3.8) is 0 Å². The second-order valence-corrected chi connectivity index (χ2v) is 15.6. The van der Waals surface area contributed by atoms with Gasteiger partial charge in [-0.15, -0.1) is 11.8 Å². The van der Waals surface area contributed by atoms with Gasteiger partial charge >= 0.3 is 6.18 Å². The highest BCUT2D eigenvalue weighted by molar-refractivity contribution is 7.99. The lowest BCUT2D eigenvalue weighted by atomic mass is 9.94. The monoisotopic (exact) mass is 663 g/mol. The molecule has 0 saturated carbocycles. The topological polar surface area (TPSA) is 102 Å². The molecule has 246 valence electrons. The van der Waals surface area contributed by atoms with E-state index in [1.807, 2.05) is 4.90 Å². The third-order valence-corrected chi connectivity index (χ3v) is 11.1. The molecule has 0 amide bonds. The van der Waals surface area contributed by atoms with Gasteiger partial charge < -0.3 is 15.1 Å². The molecule has 0 spiro atoms. The average molecular weight is 664 g/mol. The Hall–Kier alpha value is -1.75. The van der Waals surface area contributed by atoms with Gasteiger partial charge in [0, 0.05) is 86.2 Å². The fourth-order valence-corrected chi connectivity index (χ4v) is 8.11. The summed E-state index contributed by atoms with van der Waals surface area (Å²) in [4.78, 5) is 4.02. The van der Waals surface area contributed by atoms with Gasteiger partial charge in [0.15, 0.2) is 0 Å². The molecule has 2 saturated heterocycles. The van der Waals surface area contributed by atoms with Crippen LogP contribution in [0.3, 0.4) is 0 Å². The highest BCUT2D eigenvalue weighted by Gasteiger charge is 2.36. The highest BCUT2D eigenvalue weighted by Crippen LogP contribution is 2.40. The molecule has 4 heterocycles. The van der Waals surface area contributed by atoms with Crippen LogP contribution in [-0.2, 0) is 35.7 Å². The number of piperidine rings is 1. The molecule has 3 aliphatic rings. The zero-order valence-corrected chi connectivity index (χ0v) is 26.7. The van der Waals surface area contributed by atoms with Crippen LogP contribution >= 0.6 is 11.8 Å². The molecule has 15 heteroatoms. The SMILES string of the molecule is CC1(O)CCN(CC(O)Cn2nc(-c3ccc(C(F)(F)F)c(SCCN4CCC(F)C4)c3)c3c2CCN(S(C)(=O)=O)C3)CC1. The van der Waals surface area contributed by atoms with Crippen LogP contribution in [-0.4, -0.2) is 118 Å². The van der Waals surface area contributed by atoms with Crippen molar-refractivity contribution < 1.29 is 36.2 Å². The number of halogens is 4. The summed E-state index contributed by atoms with van der Waals surface area (Å²) in [5, 5.41) is 26.0. The van der Waals surface area contributed by atoms with Crippen molar-refractivity contribution in [1.29, 1.82) is 0 Å². The van der Waals surface area contributed by atoms with Crippen molar-refractivity contribution in [2.75, 3.05) is 57.8 Å². The number of hydrogen-bond acceptors (Lipinski definition) is 8. The summed E-state index contributed by atoms with van der Waals surface area (Å²) in [5.74, 6) is 0.353. The van der Waals surface area contributed by atoms with Crippen LogP contribution in [0.25, 0.3) is 11.3 Å². The first-order valence-electron chi connectivity index (χ1n) is 15.0. The van der Waals surface area contributed by atoms with E-state index in [4.69, 9.17) is 5.10 Å². The van der Waals surface area contributed by atoms with Crippen molar-refractivity contribution in [1.82, 2.24) is 23.9 Å². The number of sulfonamides is 1. The number of rotatable bonds is 10. The maximum atomic E-state index is 14.0. The van der Waals surface area contributed by atoms with Crippen LogP contribution in [0.5, 0.6) is 0 Å². The molecule has 5 rings (SSSR count). The van der Waals surface area contributed by atoms with Gasteiger partial charge in [-0.2, -0.15) is 22.6 Å². The van der Waals surface area contributed by atoms with E-state index in [1.54, 1.807) is 11.6 Å². The summed E-state index contributed by atoms with van der Waals surface area (Å²) >= 11 is 1.06. The minimum absolute atomic E-state index is 0.0314. The molecular weight excluding hydrogens is 622 g/mol. The molecule has 2 aromatic rings. The van der Waals surface area contributed by atoms with E-state index in [0.29, 0.717) is 81.0 Å². The van der Waals surface area contributed by atoms with E-state index in [2.05, 4.69) is 4.90 Å². The summed E-state index contributed by atoms with van der Waals surface area (Å²) in [6, 6.07) is 3.86. The molecule has 2 fully saturated rings. The van der Waals surface area contributed by atoms with E-state index < -0.39 is 39.6 Å². The van der Waals surface area contributed by atoms with Gasteiger partial charge in [0.05, 0.1) is 35.8 Å². The van der Waals surface area contributed by atoms with E-state index in [-0.39, 0.29) is 31.1 Å². The molecule has 0 bridgehead atoms. The molecule has 1 aromatic heterocycles. The second-order valence-electron chi connectivity index (χ2n) is 12.5. The molecule has 1 aromatic carbocycles. The second kappa shape index (κ2) is 13.2. The Balaban J connectivity index is 1.41. The molecule has 0 radical (unpaired) electrons. The molecule has 9 nitrogen and oxygen atoms in total. The van der Waals surface area contributed by atoms with Gasteiger partial charge in [0.25, 0.3) is 0 Å². The first-order chi connectivity index (χ1) is 20.6. The summed E-state index contributed by atoms with van der Waals surface area (Å²) in [5.41, 5.74) is 0.716. The lowest BCUT2D eigenvalue weighted by Crippen LogP contribution is -2.45. The van der Waals surface area contributed by atoms with E-state index in [1.165, 1.54) is 16.4 Å². The number of likely N-dealkylation sites (tertiary alicyclic amines) is 2. The number of aliphatic hydroxyl groups excluding tert-OH is 1. The summed E-state index contributed by atoms with van der Waals surface area (Å²) in [6.07, 6.45) is -3.16. The van der Waals surface area contributed by atoms with Crippen LogP contribution in [0.2, 0.25) is 0 Å². The third kappa shape index (κ3) is 8.15. The molecule has 3 aliphatic heterocycles. The van der Waals surface area contributed by atoms with Crippen molar-refractivity contribution >= 4 is 21.8 Å². The first kappa shape index (κ1) is 33.6. The molecule has 2 N–H and O–H groups in total. The van der Waals surface area contributed by atoms with Crippen molar-refractivity contribution in [2.45, 2.75) is 74.6 Å². The maximum absolute atomic E-state index is 14.0. The van der Waals surface area contributed by atoms with Crippen molar-refractivity contribution in [3.8, 4) is 11.3 Å². The summed E-state index contributed by atoms with van der Waals surface area (Å²) in [7, 11) is -3.53. The van der Waals surface area contributed by atoms with Crippen molar-refractivity contribution in [3.05, 3.63) is 35.0 Å². The predicted octanol–water partition coefficient (Wildman–Crippen LogP) is 3.23. The largest absolute Gasteiger partial charge is 0.417 e. The van der Waals surface area contributed by atoms with Gasteiger partial charge in [0.1, 0.15) is 6.17 Å². The van der Waals surface area contributed by atoms with E-state index >= 15 is 0 Å². The zero-order valence-electron chi connectivity index (χ0n) is 25.1. The Morgan fingerprint density at radius 3 is 2.50 bits per heavy atom. The standard InChI is InChI=1S/C29H41F4N5O4S2/c1-28(40)7-11-36(12-8-28)17-22(39)18-38-25-6-10-37(44(2,41)42)19-23(25)27(34-38)20-3-4-24(29(31,32)33)26(15-20)43-14-13-35-9-5-21(30)16-35/h3-4,15,21-22,39-40H,5-14,16-19H2,1-2H3. The predicted molar refractivity (Wildman–Crippen MR) is 161 cm³/mol. The van der Waals surface area contributed by atoms with E-state index in [9.17, 15) is 36.2 Å². The number of aliphatic hydroxyl groups is 2. The lowest BCUT2D eigenvalue weighted by molar-refractivity contribution is -0.139. The number of nitrogens with zero attached hydrogens (tertiary/aromatic N) is 5. The number of fused-ring (bicyclic) bond motifs is 1. The lowest BCUT2D eigenvalue weighted by Gasteiger charge is -2.36. The Bertz CT molecular complexity index is 1430. The van der Waals surface area contributed by atoms with Gasteiger partial charge in [0.2, 0.25) is 10.0 Å². The smallest absolute Gasteiger partial charge is 0.390 e. The Morgan fingerprint density at radius 2 is 1.86 bits per heavy atom. The molecule has 44 heavy (non-hydrogen) atoms. The Kier molecular flexibility index (Phi) is 10.1. The minimum Gasteiger partial charge on any atom is -0.390 e. The number of benzene rings is 1. The number of alkyl halides is 4. The van der Waals surface area contributed by atoms with E-state index in [0.717, 1.165) is 29.8 Å². The van der Waals surface area contributed by atoms with Crippen LogP contribution in [0.4, 0.5) is 17.6 Å². The van der Waals surface area contributed by atoms with Crippen molar-refractivity contribution in [2.24, 2.45) is 0 Å². The van der Waals surface area contributed by atoms with Crippen LogP contribution < -0.4 is 0 Å². The summed E-state index contributed by atoms with van der Waals surface area (Å²) in [6.45, 7) is 5.21. The van der Waals surface area contributed by atoms with Gasteiger partial charge in [-0.3, -0.25) is 9.58 Å². The molecule has 0 aliphatic carbocycles. The minimum atomic E-state index is -4.57. The maximum Gasteiger partial charge on any atom is 0.417 e. The Morgan fingerprint density at radius 1 is 1.14 bits per heavy atom. The van der Waals surface area contributed by atoms with Crippen LogP contribution in [0.1, 0.15) is 43.0 Å². The normalized spacial score (nSPS) is 22.8. The number of hydrogen-bond donors (Lipinski definition) is 2. The highest BCUT2D eigenvalue weighted by atomic mass is 32.2. The summed E-state index contributed by atoms with van der Waals surface area (Å²) < 4.78 is 83.4. The number of β-amino-alcohol motifs (C(OH)–C–C–N with tert-alkyl or cyclic N) is 1. The van der Waals surface area contributed by atoms with Crippen LogP contribution in [0.15, 0.2) is 23.1 Å². The quantitative estimate of drug-likeness (QED) is 0.295. The van der Waals surface area contributed by atoms with Gasteiger partial charge in [-0.25, -0.2) is 12.8 Å². The first-order valence-corrected chi connectivity index (χ1v) is 17.8. The van der Waals surface area contributed by atoms with Crippen LogP contribution in [0, 0.1) is 0 Å². The Labute approximate surface area is 260 Å². The fraction of sp³-hybridized carbons (Fsp3) is 0.690. The fourth-order valence-electron chi connectivity index (χ4n) is 6.20. The molecule has 2 atom stereocenters. The number of thioether (sulfide) groups is 1. The van der Waals surface area contributed by atoms with Gasteiger partial charge in [-0.05, 0) is 38.3 Å². The average Bonchev–Trinajstić information content (AvgIpc) is 3.51. The van der Waals surface area contributed by atoms with Gasteiger partial charge in [-0.1, -0.05) is 6.07 Å². The molecule has 2 unspecified atom stereocenters. The number of aromatic nitrogens is 2. The third-order valence-electron chi connectivity index (χ3n) is 8.79. The zero-order chi connectivity index (χ0) is 31.9. The molecular formula is C29H41F4N5O4S2.